The second-order valence-corrected chi connectivity index (χ2v) is 6.80. The highest BCUT2D eigenvalue weighted by Crippen LogP contribution is 2.21. The highest BCUT2D eigenvalue weighted by molar-refractivity contribution is 5.27. The molecule has 1 aliphatic rings. The van der Waals surface area contributed by atoms with E-state index in [2.05, 4.69) is 69.2 Å². The largest absolute Gasteiger partial charge is 0.491 e. The van der Waals surface area contributed by atoms with E-state index in [1.54, 1.807) is 0 Å². The van der Waals surface area contributed by atoms with E-state index in [1.807, 2.05) is 0 Å². The fourth-order valence-corrected chi connectivity index (χ4v) is 3.03. The lowest BCUT2D eigenvalue weighted by Gasteiger charge is -2.40. The molecule has 118 valence electrons. The lowest BCUT2D eigenvalue weighted by molar-refractivity contribution is 0.121. The van der Waals surface area contributed by atoms with Crippen LogP contribution in [0, 0.1) is 5.92 Å². The zero-order valence-corrected chi connectivity index (χ0v) is 14.1. The minimum absolute atomic E-state index is 0.232. The number of piperidine rings is 1. The first-order chi connectivity index (χ1) is 9.95. The van der Waals surface area contributed by atoms with Gasteiger partial charge in [-0.25, -0.2) is 0 Å². The summed E-state index contributed by atoms with van der Waals surface area (Å²) >= 11 is 0. The molecule has 1 fully saturated rings. The van der Waals surface area contributed by atoms with Crippen LogP contribution in [0.1, 0.15) is 39.7 Å². The Morgan fingerprint density at radius 3 is 2.52 bits per heavy atom. The normalized spacial score (nSPS) is 27.0. The molecule has 3 nitrogen and oxygen atoms in total. The Balaban J connectivity index is 1.85. The van der Waals surface area contributed by atoms with E-state index >= 15 is 0 Å². The molecule has 0 spiro atoms. The van der Waals surface area contributed by atoms with Gasteiger partial charge in [0.15, 0.2) is 0 Å². The number of hydrogen-bond donors (Lipinski definition) is 1. The third kappa shape index (κ3) is 4.72. The fraction of sp³-hybridized carbons (Fsp3) is 0.667. The summed E-state index contributed by atoms with van der Waals surface area (Å²) in [7, 11) is 2.23. The van der Waals surface area contributed by atoms with E-state index in [4.69, 9.17) is 4.74 Å². The van der Waals surface area contributed by atoms with Crippen LogP contribution in [0.2, 0.25) is 0 Å². The molecule has 1 saturated heterocycles. The molecule has 0 aromatic heterocycles. The van der Waals surface area contributed by atoms with E-state index in [9.17, 15) is 0 Å². The van der Waals surface area contributed by atoms with E-state index in [-0.39, 0.29) is 6.10 Å². The molecule has 1 aliphatic heterocycles. The fourth-order valence-electron chi connectivity index (χ4n) is 3.03. The number of ether oxygens (including phenoxy) is 1. The van der Waals surface area contributed by atoms with Crippen molar-refractivity contribution in [2.45, 2.75) is 58.8 Å². The summed E-state index contributed by atoms with van der Waals surface area (Å²) in [4.78, 5) is 2.46. The lowest BCUT2D eigenvalue weighted by atomic mass is 9.90. The van der Waals surface area contributed by atoms with Gasteiger partial charge in [-0.15, -0.1) is 0 Å². The predicted octanol–water partition coefficient (Wildman–Crippen LogP) is 3.29. The average molecular weight is 290 g/mol. The monoisotopic (exact) mass is 290 g/mol. The molecule has 3 atom stereocenters. The summed E-state index contributed by atoms with van der Waals surface area (Å²) in [6, 6.07) is 9.74. The van der Waals surface area contributed by atoms with Crippen LogP contribution in [0.5, 0.6) is 5.75 Å². The van der Waals surface area contributed by atoms with Crippen LogP contribution in [-0.2, 0) is 6.54 Å². The van der Waals surface area contributed by atoms with Crippen LogP contribution in [-0.4, -0.2) is 36.7 Å². The van der Waals surface area contributed by atoms with Crippen LogP contribution in [0.15, 0.2) is 24.3 Å². The van der Waals surface area contributed by atoms with Gasteiger partial charge in [0.05, 0.1) is 6.10 Å². The topological polar surface area (TPSA) is 24.5 Å². The van der Waals surface area contributed by atoms with Gasteiger partial charge in [-0.2, -0.15) is 0 Å². The predicted molar refractivity (Wildman–Crippen MR) is 88.7 cm³/mol. The van der Waals surface area contributed by atoms with Gasteiger partial charge in [-0.1, -0.05) is 19.1 Å². The van der Waals surface area contributed by atoms with Gasteiger partial charge in [0.1, 0.15) is 5.75 Å². The van der Waals surface area contributed by atoms with Crippen molar-refractivity contribution in [1.82, 2.24) is 10.2 Å². The molecule has 1 aromatic carbocycles. The maximum absolute atomic E-state index is 5.68. The van der Waals surface area contributed by atoms with Gasteiger partial charge in [0.2, 0.25) is 0 Å². The highest BCUT2D eigenvalue weighted by Gasteiger charge is 2.28. The molecule has 0 aliphatic carbocycles. The van der Waals surface area contributed by atoms with E-state index in [0.29, 0.717) is 18.0 Å². The van der Waals surface area contributed by atoms with Gasteiger partial charge < -0.3 is 15.0 Å². The summed E-state index contributed by atoms with van der Waals surface area (Å²) in [5, 5.41) is 3.73. The van der Waals surface area contributed by atoms with Gasteiger partial charge in [-0.05, 0) is 57.9 Å². The van der Waals surface area contributed by atoms with Crippen molar-refractivity contribution in [3.8, 4) is 5.75 Å². The van der Waals surface area contributed by atoms with Crippen molar-refractivity contribution in [3.05, 3.63) is 29.8 Å². The van der Waals surface area contributed by atoms with Crippen molar-refractivity contribution in [2.75, 3.05) is 13.6 Å². The first kappa shape index (κ1) is 16.3. The molecule has 0 amide bonds. The number of hydrogen-bond acceptors (Lipinski definition) is 3. The molecule has 0 radical (unpaired) electrons. The van der Waals surface area contributed by atoms with Crippen molar-refractivity contribution in [3.63, 3.8) is 0 Å². The number of nitrogens with one attached hydrogen (secondary N) is 1. The molecule has 1 N–H and O–H groups in total. The Hall–Kier alpha value is -1.06. The van der Waals surface area contributed by atoms with Gasteiger partial charge in [0.25, 0.3) is 0 Å². The van der Waals surface area contributed by atoms with Crippen LogP contribution >= 0.6 is 0 Å². The number of nitrogens with zero attached hydrogens (tertiary/aromatic N) is 1. The van der Waals surface area contributed by atoms with E-state index in [1.165, 1.54) is 18.5 Å². The maximum atomic E-state index is 5.68. The summed E-state index contributed by atoms with van der Waals surface area (Å²) in [5.74, 6) is 1.66. The molecule has 0 unspecified atom stereocenters. The molecular weight excluding hydrogens is 260 g/mol. The van der Waals surface area contributed by atoms with Crippen LogP contribution in [0.3, 0.4) is 0 Å². The summed E-state index contributed by atoms with van der Waals surface area (Å²) in [6.07, 6.45) is 1.46. The van der Waals surface area contributed by atoms with Gasteiger partial charge in [-0.3, -0.25) is 0 Å². The van der Waals surface area contributed by atoms with Crippen LogP contribution in [0.25, 0.3) is 0 Å². The number of benzene rings is 1. The first-order valence-corrected chi connectivity index (χ1v) is 8.15. The second kappa shape index (κ2) is 7.28. The first-order valence-electron chi connectivity index (χ1n) is 8.15. The van der Waals surface area contributed by atoms with Crippen LogP contribution < -0.4 is 10.1 Å². The molecule has 21 heavy (non-hydrogen) atoms. The smallest absolute Gasteiger partial charge is 0.119 e. The standard InChI is InChI=1S/C18H30N2O/c1-13(2)21-17-8-6-16(7-9-17)11-19-18-10-15(4)20(5)12-14(18)3/h6-9,13-15,18-19H,10-12H2,1-5H3/t14-,15-,18-/m0/s1. The molecular formula is C18H30N2O. The van der Waals surface area contributed by atoms with Crippen molar-refractivity contribution in [1.29, 1.82) is 0 Å². The SMILES string of the molecule is CC(C)Oc1ccc(CN[C@H]2C[C@H](C)N(C)C[C@@H]2C)cc1. The minimum atomic E-state index is 0.232. The number of likely N-dealkylation sites (tertiary alicyclic amines) is 1. The number of rotatable bonds is 5. The molecule has 0 saturated carbocycles. The third-order valence-corrected chi connectivity index (χ3v) is 4.47. The van der Waals surface area contributed by atoms with Crippen LogP contribution in [0.4, 0.5) is 0 Å². The zero-order valence-electron chi connectivity index (χ0n) is 14.1. The third-order valence-electron chi connectivity index (χ3n) is 4.47. The van der Waals surface area contributed by atoms with Gasteiger partial charge in [0, 0.05) is 25.2 Å². The maximum Gasteiger partial charge on any atom is 0.119 e. The lowest BCUT2D eigenvalue weighted by Crippen LogP contribution is -2.50. The molecule has 1 heterocycles. The van der Waals surface area contributed by atoms with Crippen molar-refractivity contribution >= 4 is 0 Å². The van der Waals surface area contributed by atoms with Gasteiger partial charge >= 0.3 is 0 Å². The summed E-state index contributed by atoms with van der Waals surface area (Å²) < 4.78 is 5.68. The molecule has 0 bridgehead atoms. The van der Waals surface area contributed by atoms with Crippen molar-refractivity contribution in [2.24, 2.45) is 5.92 Å². The van der Waals surface area contributed by atoms with Crippen molar-refractivity contribution < 1.29 is 4.74 Å². The molecule has 1 aromatic rings. The Morgan fingerprint density at radius 1 is 1.24 bits per heavy atom. The molecule has 2 rings (SSSR count). The second-order valence-electron chi connectivity index (χ2n) is 6.80. The summed E-state index contributed by atoms with van der Waals surface area (Å²) in [5.41, 5.74) is 1.32. The highest BCUT2D eigenvalue weighted by atomic mass is 16.5. The van der Waals surface area contributed by atoms with E-state index < -0.39 is 0 Å². The Kier molecular flexibility index (Phi) is 5.65. The minimum Gasteiger partial charge on any atom is -0.491 e. The van der Waals surface area contributed by atoms with E-state index in [0.717, 1.165) is 12.3 Å². The Morgan fingerprint density at radius 2 is 1.90 bits per heavy atom. The Bertz CT molecular complexity index is 429. The summed E-state index contributed by atoms with van der Waals surface area (Å²) in [6.45, 7) is 10.9. The quantitative estimate of drug-likeness (QED) is 0.900. The Labute approximate surface area is 129 Å². The average Bonchev–Trinajstić information content (AvgIpc) is 2.42. The molecule has 3 heteroatoms. The zero-order chi connectivity index (χ0) is 15.4.